The molecule has 0 amide bonds. The molecule has 0 aliphatic carbocycles. The number of aliphatic hydroxyl groups excluding tert-OH is 1. The van der Waals surface area contributed by atoms with Gasteiger partial charge in [0, 0.05) is 13.0 Å². The van der Waals surface area contributed by atoms with Gasteiger partial charge in [-0.1, -0.05) is 6.92 Å². The fourth-order valence-corrected chi connectivity index (χ4v) is 0.902. The van der Waals surface area contributed by atoms with Gasteiger partial charge in [0.2, 0.25) is 0 Å². The van der Waals surface area contributed by atoms with Gasteiger partial charge in [-0.15, -0.1) is 0 Å². The largest absolute Gasteiger partial charge is 0.481 e. The normalized spacial score (nSPS) is 12.6. The molecule has 0 aromatic rings. The van der Waals surface area contributed by atoms with Crippen LogP contribution in [0.5, 0.6) is 0 Å². The quantitative estimate of drug-likeness (QED) is 0.310. The van der Waals surface area contributed by atoms with Crippen molar-refractivity contribution in [3.8, 4) is 0 Å². The third kappa shape index (κ3) is 11.3. The van der Waals surface area contributed by atoms with Crippen molar-refractivity contribution in [1.82, 2.24) is 5.32 Å². The van der Waals surface area contributed by atoms with E-state index in [4.69, 9.17) is 25.5 Å². The molecular weight excluding hydrogens is 218 g/mol. The van der Waals surface area contributed by atoms with E-state index >= 15 is 0 Å². The molecule has 0 aliphatic heterocycles. The number of carbonyl (C=O) groups is 1. The van der Waals surface area contributed by atoms with Gasteiger partial charge in [0.1, 0.15) is 0 Å². The Morgan fingerprint density at radius 1 is 1.38 bits per heavy atom. The van der Waals surface area contributed by atoms with Gasteiger partial charge >= 0.3 is 5.97 Å². The van der Waals surface area contributed by atoms with Crippen LogP contribution in [0.25, 0.3) is 0 Å². The Morgan fingerprint density at radius 2 is 1.88 bits per heavy atom. The van der Waals surface area contributed by atoms with Crippen LogP contribution in [0.4, 0.5) is 0 Å². The average Bonchev–Trinajstić information content (AvgIpc) is 2.15. The third-order valence-corrected chi connectivity index (χ3v) is 1.77. The highest BCUT2D eigenvalue weighted by Crippen LogP contribution is 2.03. The van der Waals surface area contributed by atoms with Gasteiger partial charge in [0.05, 0.1) is 6.04 Å². The lowest BCUT2D eigenvalue weighted by Gasteiger charge is -2.23. The van der Waals surface area contributed by atoms with E-state index < -0.39 is 18.0 Å². The van der Waals surface area contributed by atoms with Crippen molar-refractivity contribution in [3.63, 3.8) is 0 Å². The molecule has 0 aliphatic rings. The molecule has 1 unspecified atom stereocenters. The first-order valence-electron chi connectivity index (χ1n) is 4.96. The molecule has 1 atom stereocenters. The molecule has 0 rings (SSSR count). The lowest BCUT2D eigenvalue weighted by Crippen LogP contribution is -2.49. The third-order valence-electron chi connectivity index (χ3n) is 1.77. The van der Waals surface area contributed by atoms with Crippen LogP contribution in [0.1, 0.15) is 26.2 Å². The number of carboxylic acid groups (broad SMARTS) is 1. The number of nitrogens with one attached hydrogen (secondary N) is 1. The first-order chi connectivity index (χ1) is 7.29. The summed E-state index contributed by atoms with van der Waals surface area (Å²) in [5.41, 5.74) is 0. The van der Waals surface area contributed by atoms with Gasteiger partial charge in [-0.25, -0.2) is 0 Å². The molecule has 0 aromatic carbocycles. The smallest absolute Gasteiger partial charge is 0.303 e. The summed E-state index contributed by atoms with van der Waals surface area (Å²) in [5, 5.41) is 44.1. The van der Waals surface area contributed by atoms with Gasteiger partial charge in [-0.2, -0.15) is 0 Å². The Morgan fingerprint density at radius 3 is 1.94 bits per heavy atom. The lowest BCUT2D eigenvalue weighted by molar-refractivity contribution is -0.327. The van der Waals surface area contributed by atoms with Crippen LogP contribution in [-0.4, -0.2) is 57.2 Å². The van der Waals surface area contributed by atoms with E-state index in [1.165, 1.54) is 0 Å². The second kappa shape index (κ2) is 9.49. The highest BCUT2D eigenvalue weighted by molar-refractivity contribution is 5.66. The van der Waals surface area contributed by atoms with E-state index in [-0.39, 0.29) is 13.0 Å². The maximum absolute atomic E-state index is 9.65. The summed E-state index contributed by atoms with van der Waals surface area (Å²) < 4.78 is 0. The highest BCUT2D eigenvalue weighted by atomic mass is 16.7. The summed E-state index contributed by atoms with van der Waals surface area (Å²) in [6.45, 7) is 1.70. The maximum atomic E-state index is 9.65. The molecule has 0 heterocycles. The van der Waals surface area contributed by atoms with E-state index in [0.717, 1.165) is 0 Å². The maximum Gasteiger partial charge on any atom is 0.303 e. The summed E-state index contributed by atoms with van der Waals surface area (Å²) in [6.07, 6.45) is 0.881. The number of carboxylic acids is 1. The molecule has 0 saturated carbocycles. The Balaban J connectivity index is 0. The fraction of sp³-hybridized carbons (Fsp3) is 0.889. The number of likely N-dealkylation sites (N-methyl/N-ethyl adjacent to an activating group) is 1. The van der Waals surface area contributed by atoms with Crippen molar-refractivity contribution >= 4 is 5.97 Å². The summed E-state index contributed by atoms with van der Waals surface area (Å²) in [5.74, 6) is -3.45. The van der Waals surface area contributed by atoms with Gasteiger partial charge in [-0.05, 0) is 19.9 Å². The zero-order valence-electron chi connectivity index (χ0n) is 9.55. The molecule has 0 aromatic heterocycles. The lowest BCUT2D eigenvalue weighted by atomic mass is 10.2. The molecule has 6 N–H and O–H groups in total. The molecule has 0 spiro atoms. The first kappa shape index (κ1) is 17.7. The summed E-state index contributed by atoms with van der Waals surface area (Å²) >= 11 is 0. The van der Waals surface area contributed by atoms with E-state index in [1.807, 2.05) is 0 Å². The van der Waals surface area contributed by atoms with Crippen LogP contribution in [0.2, 0.25) is 0 Å². The van der Waals surface area contributed by atoms with Crippen molar-refractivity contribution in [2.75, 3.05) is 13.7 Å². The average molecular weight is 239 g/mol. The second-order valence-corrected chi connectivity index (χ2v) is 3.16. The minimum absolute atomic E-state index is 0.0354. The molecule has 7 nitrogen and oxygen atoms in total. The minimum Gasteiger partial charge on any atom is -0.481 e. The van der Waals surface area contributed by atoms with Crippen LogP contribution in [0, 0.1) is 0 Å². The minimum atomic E-state index is -2.59. The van der Waals surface area contributed by atoms with Crippen LogP contribution < -0.4 is 5.32 Å². The summed E-state index contributed by atoms with van der Waals surface area (Å²) in [6, 6.07) is -0.683. The van der Waals surface area contributed by atoms with Crippen molar-refractivity contribution in [3.05, 3.63) is 0 Å². The molecule has 0 radical (unpaired) electrons. The zero-order chi connectivity index (χ0) is 13.2. The number of hydrogen-bond donors (Lipinski definition) is 6. The summed E-state index contributed by atoms with van der Waals surface area (Å²) in [7, 11) is 1.55. The molecule has 0 bridgehead atoms. The molecule has 98 valence electrons. The summed E-state index contributed by atoms with van der Waals surface area (Å²) in [4.78, 5) is 9.65. The standard InChI is InChI=1S/C5H13NO3.C4H8O3/c1-3-4(6-2)5(7,8)9;5-3-1-2-4(6)7/h4,6-9H,3H2,1-2H3;5H,1-3H2,(H,6,7). The molecule has 0 fully saturated rings. The van der Waals surface area contributed by atoms with E-state index in [0.29, 0.717) is 12.8 Å². The van der Waals surface area contributed by atoms with Crippen molar-refractivity contribution in [2.24, 2.45) is 0 Å². The van der Waals surface area contributed by atoms with Gasteiger partial charge in [0.15, 0.2) is 0 Å². The van der Waals surface area contributed by atoms with E-state index in [9.17, 15) is 4.79 Å². The zero-order valence-corrected chi connectivity index (χ0v) is 9.55. The molecular formula is C9H21NO6. The number of hydrogen-bond acceptors (Lipinski definition) is 6. The van der Waals surface area contributed by atoms with Crippen molar-refractivity contribution in [1.29, 1.82) is 0 Å². The Kier molecular flexibility index (Phi) is 10.5. The van der Waals surface area contributed by atoms with Crippen LogP contribution in [0.15, 0.2) is 0 Å². The Bertz CT molecular complexity index is 175. The van der Waals surface area contributed by atoms with E-state index in [1.54, 1.807) is 14.0 Å². The van der Waals surface area contributed by atoms with Gasteiger partial charge in [-0.3, -0.25) is 4.79 Å². The predicted octanol–water partition coefficient (Wildman–Crippen LogP) is -1.54. The molecule has 0 saturated heterocycles. The highest BCUT2D eigenvalue weighted by Gasteiger charge is 2.28. The first-order valence-corrected chi connectivity index (χ1v) is 4.96. The molecule has 7 heteroatoms. The van der Waals surface area contributed by atoms with Gasteiger partial charge in [0.25, 0.3) is 5.97 Å². The van der Waals surface area contributed by atoms with Crippen LogP contribution >= 0.6 is 0 Å². The number of aliphatic hydroxyl groups is 4. The molecule has 16 heavy (non-hydrogen) atoms. The monoisotopic (exact) mass is 239 g/mol. The van der Waals surface area contributed by atoms with Crippen LogP contribution in [0.3, 0.4) is 0 Å². The topological polar surface area (TPSA) is 130 Å². The Labute approximate surface area is 94.3 Å². The van der Waals surface area contributed by atoms with Crippen molar-refractivity contribution in [2.45, 2.75) is 38.2 Å². The number of aliphatic carboxylic acids is 1. The fourth-order valence-electron chi connectivity index (χ4n) is 0.902. The SMILES string of the molecule is CCC(NC)C(O)(O)O.O=C(O)CCCO. The van der Waals surface area contributed by atoms with Crippen LogP contribution in [-0.2, 0) is 4.79 Å². The van der Waals surface area contributed by atoms with Gasteiger partial charge < -0.3 is 30.8 Å². The number of rotatable bonds is 6. The predicted molar refractivity (Wildman–Crippen MR) is 56.5 cm³/mol. The van der Waals surface area contributed by atoms with Crippen molar-refractivity contribution < 1.29 is 30.3 Å². The second-order valence-electron chi connectivity index (χ2n) is 3.16. The van der Waals surface area contributed by atoms with E-state index in [2.05, 4.69) is 5.32 Å². The Hall–Kier alpha value is -0.730.